The molecule has 1 N–H and O–H groups in total. The Bertz CT molecular complexity index is 1470. The van der Waals surface area contributed by atoms with Gasteiger partial charge in [0, 0.05) is 48.0 Å². The highest BCUT2D eigenvalue weighted by atomic mass is 32.2. The largest absolute Gasteiger partial charge is 0.487 e. The number of pyridine rings is 1. The van der Waals surface area contributed by atoms with Gasteiger partial charge in [-0.1, -0.05) is 36.4 Å². The molecule has 7 nitrogen and oxygen atoms in total. The molecule has 0 radical (unpaired) electrons. The van der Waals surface area contributed by atoms with Crippen LogP contribution in [0.4, 0.5) is 11.4 Å². The molecule has 0 spiro atoms. The number of hydrogen-bond acceptors (Lipinski definition) is 6. The molecule has 0 amide bonds. The Kier molecular flexibility index (Phi) is 6.51. The zero-order valence-electron chi connectivity index (χ0n) is 19.1. The zero-order valence-corrected chi connectivity index (χ0v) is 20.0. The first-order chi connectivity index (χ1) is 16.2. The van der Waals surface area contributed by atoms with E-state index in [1.807, 2.05) is 49.3 Å². The van der Waals surface area contributed by atoms with Gasteiger partial charge in [-0.3, -0.25) is 14.5 Å². The van der Waals surface area contributed by atoms with Crippen molar-refractivity contribution in [1.82, 2.24) is 4.98 Å². The highest BCUT2D eigenvalue weighted by Gasteiger charge is 2.19. The molecule has 0 aliphatic rings. The highest BCUT2D eigenvalue weighted by molar-refractivity contribution is 7.93. The fourth-order valence-corrected chi connectivity index (χ4v) is 4.95. The molecule has 8 heteroatoms. The van der Waals surface area contributed by atoms with Gasteiger partial charge in [0.15, 0.2) is 5.78 Å². The summed E-state index contributed by atoms with van der Waals surface area (Å²) >= 11 is 0. The van der Waals surface area contributed by atoms with E-state index in [1.165, 1.54) is 19.3 Å². The zero-order chi connectivity index (χ0) is 24.3. The molecule has 1 aromatic heterocycles. The lowest BCUT2D eigenvalue weighted by Crippen LogP contribution is -2.14. The maximum Gasteiger partial charge on any atom is 0.262 e. The Hall–Kier alpha value is -3.91. The van der Waals surface area contributed by atoms with Crippen LogP contribution in [-0.2, 0) is 16.6 Å². The van der Waals surface area contributed by atoms with Gasteiger partial charge >= 0.3 is 0 Å². The smallest absolute Gasteiger partial charge is 0.262 e. The lowest BCUT2D eigenvalue weighted by atomic mass is 10.1. The van der Waals surface area contributed by atoms with Crippen LogP contribution in [0.25, 0.3) is 10.8 Å². The third-order valence-corrected chi connectivity index (χ3v) is 6.77. The van der Waals surface area contributed by atoms with Crippen molar-refractivity contribution in [3.05, 3.63) is 90.3 Å². The monoisotopic (exact) mass is 475 g/mol. The first-order valence-electron chi connectivity index (χ1n) is 10.6. The fraction of sp³-hybridized carbons (Fsp3) is 0.154. The predicted molar refractivity (Wildman–Crippen MR) is 134 cm³/mol. The summed E-state index contributed by atoms with van der Waals surface area (Å²) in [5.41, 5.74) is 2.60. The molecule has 4 aromatic rings. The number of carbonyl (C=O) groups is 1. The number of ether oxygens (including phenoxy) is 1. The first kappa shape index (κ1) is 23.3. The van der Waals surface area contributed by atoms with Gasteiger partial charge in [-0.2, -0.15) is 0 Å². The van der Waals surface area contributed by atoms with Gasteiger partial charge < -0.3 is 9.64 Å². The first-order valence-corrected chi connectivity index (χ1v) is 12.1. The minimum atomic E-state index is -3.84. The van der Waals surface area contributed by atoms with Gasteiger partial charge in [0.05, 0.1) is 11.1 Å². The number of Topliss-reactive ketones (excluding diaryl/α,β-unsaturated/α-hetero) is 1. The van der Waals surface area contributed by atoms with Crippen molar-refractivity contribution >= 4 is 38.0 Å². The van der Waals surface area contributed by atoms with E-state index in [4.69, 9.17) is 4.74 Å². The van der Waals surface area contributed by atoms with Crippen molar-refractivity contribution in [3.8, 4) is 5.75 Å². The average molecular weight is 476 g/mol. The van der Waals surface area contributed by atoms with Crippen LogP contribution in [0.3, 0.4) is 0 Å². The molecule has 0 unspecified atom stereocenters. The number of rotatable bonds is 8. The summed E-state index contributed by atoms with van der Waals surface area (Å²) < 4.78 is 35.0. The van der Waals surface area contributed by atoms with Crippen LogP contribution in [-0.4, -0.2) is 33.3 Å². The standard InChI is InChI=1S/C26H25N3O4S/c1-18(30)20-14-22(16-27-15-20)33-17-19-7-4-8-21(13-19)28-34(31,32)26-12-6-9-23-24(26)10-5-11-25(23)29(2)3/h4-16,28H,17H2,1-3H3. The molecular weight excluding hydrogens is 450 g/mol. The number of fused-ring (bicyclic) bond motifs is 1. The van der Waals surface area contributed by atoms with Crippen LogP contribution >= 0.6 is 0 Å². The maximum absolute atomic E-state index is 13.3. The minimum absolute atomic E-state index is 0.0968. The molecule has 0 saturated carbocycles. The van der Waals surface area contributed by atoms with Crippen molar-refractivity contribution in [1.29, 1.82) is 0 Å². The van der Waals surface area contributed by atoms with Crippen molar-refractivity contribution in [2.45, 2.75) is 18.4 Å². The SMILES string of the molecule is CC(=O)c1cncc(OCc2cccc(NS(=O)(=O)c3cccc4c(N(C)C)cccc34)c2)c1. The number of ketones is 1. The van der Waals surface area contributed by atoms with E-state index < -0.39 is 10.0 Å². The van der Waals surface area contributed by atoms with E-state index >= 15 is 0 Å². The molecular formula is C26H25N3O4S. The molecule has 174 valence electrons. The third kappa shape index (κ3) is 5.02. The van der Waals surface area contributed by atoms with Crippen LogP contribution < -0.4 is 14.4 Å². The average Bonchev–Trinajstić information content (AvgIpc) is 2.82. The van der Waals surface area contributed by atoms with Gasteiger partial charge in [-0.15, -0.1) is 0 Å². The molecule has 0 aliphatic carbocycles. The molecule has 0 atom stereocenters. The lowest BCUT2D eigenvalue weighted by Gasteiger charge is -2.17. The number of carbonyl (C=O) groups excluding carboxylic acids is 1. The second-order valence-electron chi connectivity index (χ2n) is 8.08. The molecule has 0 bridgehead atoms. The highest BCUT2D eigenvalue weighted by Crippen LogP contribution is 2.31. The van der Waals surface area contributed by atoms with Crippen LogP contribution in [0.2, 0.25) is 0 Å². The summed E-state index contributed by atoms with van der Waals surface area (Å²) in [4.78, 5) is 17.7. The minimum Gasteiger partial charge on any atom is -0.487 e. The molecule has 1 heterocycles. The summed E-state index contributed by atoms with van der Waals surface area (Å²) in [6.07, 6.45) is 3.01. The summed E-state index contributed by atoms with van der Waals surface area (Å²) in [5, 5.41) is 1.51. The van der Waals surface area contributed by atoms with Gasteiger partial charge in [0.2, 0.25) is 0 Å². The molecule has 0 fully saturated rings. The van der Waals surface area contributed by atoms with Crippen molar-refractivity contribution in [2.75, 3.05) is 23.7 Å². The number of aromatic nitrogens is 1. The summed E-state index contributed by atoms with van der Waals surface area (Å²) in [5.74, 6) is 0.367. The summed E-state index contributed by atoms with van der Waals surface area (Å²) in [7, 11) is 0.0114. The second kappa shape index (κ2) is 9.52. The number of nitrogens with zero attached hydrogens (tertiary/aromatic N) is 2. The molecule has 0 aliphatic heterocycles. The number of nitrogens with one attached hydrogen (secondary N) is 1. The van der Waals surface area contributed by atoms with Crippen molar-refractivity contribution in [2.24, 2.45) is 0 Å². The van der Waals surface area contributed by atoms with E-state index in [-0.39, 0.29) is 17.3 Å². The normalized spacial score (nSPS) is 11.3. The molecule has 3 aromatic carbocycles. The lowest BCUT2D eigenvalue weighted by molar-refractivity contribution is 0.101. The van der Waals surface area contributed by atoms with E-state index in [0.717, 1.165) is 16.6 Å². The van der Waals surface area contributed by atoms with Crippen LogP contribution in [0.1, 0.15) is 22.8 Å². The molecule has 4 rings (SSSR count). The second-order valence-corrected chi connectivity index (χ2v) is 9.73. The molecule has 0 saturated heterocycles. The van der Waals surface area contributed by atoms with E-state index in [0.29, 0.717) is 22.4 Å². The number of benzene rings is 3. The quantitative estimate of drug-likeness (QED) is 0.365. The maximum atomic E-state index is 13.3. The summed E-state index contributed by atoms with van der Waals surface area (Å²) in [6, 6.07) is 19.5. The van der Waals surface area contributed by atoms with Crippen LogP contribution in [0.15, 0.2) is 84.0 Å². The predicted octanol–water partition coefficient (Wildman–Crippen LogP) is 4.88. The van der Waals surface area contributed by atoms with Crippen molar-refractivity contribution < 1.29 is 17.9 Å². The van der Waals surface area contributed by atoms with Crippen molar-refractivity contribution in [3.63, 3.8) is 0 Å². The Morgan fingerprint density at radius 2 is 1.71 bits per heavy atom. The number of hydrogen-bond donors (Lipinski definition) is 1. The van der Waals surface area contributed by atoms with Gasteiger partial charge in [0.25, 0.3) is 10.0 Å². The number of sulfonamides is 1. The molecule has 34 heavy (non-hydrogen) atoms. The fourth-order valence-electron chi connectivity index (χ4n) is 3.68. The Morgan fingerprint density at radius 3 is 2.47 bits per heavy atom. The van der Waals surface area contributed by atoms with Crippen LogP contribution in [0, 0.1) is 0 Å². The Labute approximate surface area is 199 Å². The Morgan fingerprint density at radius 1 is 0.971 bits per heavy atom. The third-order valence-electron chi connectivity index (χ3n) is 5.33. The summed E-state index contributed by atoms with van der Waals surface area (Å²) in [6.45, 7) is 1.66. The van der Waals surface area contributed by atoms with E-state index in [2.05, 4.69) is 9.71 Å². The van der Waals surface area contributed by atoms with Crippen LogP contribution in [0.5, 0.6) is 5.75 Å². The topological polar surface area (TPSA) is 88.6 Å². The number of anilines is 2. The Balaban J connectivity index is 1.57. The van der Waals surface area contributed by atoms with Gasteiger partial charge in [-0.05, 0) is 42.8 Å². The van der Waals surface area contributed by atoms with E-state index in [1.54, 1.807) is 36.4 Å². The van der Waals surface area contributed by atoms with Gasteiger partial charge in [0.1, 0.15) is 12.4 Å². The van der Waals surface area contributed by atoms with Gasteiger partial charge in [-0.25, -0.2) is 8.42 Å². The van der Waals surface area contributed by atoms with E-state index in [9.17, 15) is 13.2 Å².